The number of carbonyl (C=O) groups is 2. The topological polar surface area (TPSA) is 153 Å². The van der Waals surface area contributed by atoms with Gasteiger partial charge in [0, 0.05) is 6.42 Å². The van der Waals surface area contributed by atoms with Crippen molar-refractivity contribution in [2.45, 2.75) is 104 Å². The van der Waals surface area contributed by atoms with Gasteiger partial charge in [0.25, 0.3) is 0 Å². The summed E-state index contributed by atoms with van der Waals surface area (Å²) in [5.74, 6) is -0.416. The van der Waals surface area contributed by atoms with E-state index in [1.54, 1.807) is 27.1 Å². The van der Waals surface area contributed by atoms with Crippen molar-refractivity contribution in [1.29, 1.82) is 0 Å². The molecule has 3 heterocycles. The third-order valence-corrected chi connectivity index (χ3v) is 10.0. The van der Waals surface area contributed by atoms with Gasteiger partial charge < -0.3 is 29.0 Å². The van der Waals surface area contributed by atoms with Crippen LogP contribution < -0.4 is 10.8 Å². The van der Waals surface area contributed by atoms with Gasteiger partial charge in [-0.2, -0.15) is 0 Å². The second-order valence-electron chi connectivity index (χ2n) is 10.7. The minimum atomic E-state index is -2.69. The summed E-state index contributed by atoms with van der Waals surface area (Å²) in [6, 6.07) is 0. The number of nitrogen functional groups attached to an aromatic ring is 1. The predicted octanol–water partition coefficient (Wildman–Crippen LogP) is 3.02. The number of imidazole rings is 1. The van der Waals surface area contributed by atoms with Gasteiger partial charge in [0.2, 0.25) is 0 Å². The number of aromatic nitrogens is 4. The molecule has 0 saturated heterocycles. The molecule has 0 radical (unpaired) electrons. The van der Waals surface area contributed by atoms with Crippen LogP contribution in [0.5, 0.6) is 0 Å². The van der Waals surface area contributed by atoms with E-state index >= 15 is 0 Å². The van der Waals surface area contributed by atoms with Crippen LogP contribution in [0, 0.1) is 0 Å². The third-order valence-electron chi connectivity index (χ3n) is 6.66. The summed E-state index contributed by atoms with van der Waals surface area (Å²) < 4.78 is 25.8. The zero-order chi connectivity index (χ0) is 27.7. The number of rotatable bonds is 11. The number of nitrogens with zero attached hydrogens (tertiary/aromatic N) is 4. The highest BCUT2D eigenvalue weighted by atomic mass is 31.2. The van der Waals surface area contributed by atoms with E-state index in [9.17, 15) is 9.59 Å². The molecule has 1 aliphatic carbocycles. The van der Waals surface area contributed by atoms with Crippen LogP contribution in [0.15, 0.2) is 12.7 Å². The lowest BCUT2D eigenvalue weighted by Gasteiger charge is -2.34. The summed E-state index contributed by atoms with van der Waals surface area (Å²) in [5, 5.41) is 4.66. The van der Waals surface area contributed by atoms with Gasteiger partial charge in [0.15, 0.2) is 17.6 Å². The Kier molecular flexibility index (Phi) is 8.46. The van der Waals surface area contributed by atoms with E-state index in [0.29, 0.717) is 36.4 Å². The van der Waals surface area contributed by atoms with E-state index in [4.69, 9.17) is 24.5 Å². The van der Waals surface area contributed by atoms with Crippen molar-refractivity contribution >= 4 is 41.5 Å². The summed E-state index contributed by atoms with van der Waals surface area (Å²) in [6.45, 7) is 11.4. The zero-order valence-corrected chi connectivity index (χ0v) is 23.9. The molecule has 4 atom stereocenters. The fourth-order valence-corrected chi connectivity index (χ4v) is 8.76. The van der Waals surface area contributed by atoms with Crippen molar-refractivity contribution < 1.29 is 28.3 Å². The minimum absolute atomic E-state index is 0.198. The molecule has 1 saturated carbocycles. The van der Waals surface area contributed by atoms with Crippen LogP contribution in [0.1, 0.15) is 67.2 Å². The van der Waals surface area contributed by atoms with Crippen LogP contribution in [0.2, 0.25) is 0 Å². The largest absolute Gasteiger partial charge is 0.462 e. The maximum atomic E-state index is 13.2. The molecule has 2 unspecified atom stereocenters. The first-order valence-corrected chi connectivity index (χ1v) is 15.0. The second-order valence-corrected chi connectivity index (χ2v) is 13.5. The second kappa shape index (κ2) is 11.3. The van der Waals surface area contributed by atoms with Crippen LogP contribution in [0.25, 0.3) is 11.2 Å². The standard InChI is InChI=1S/C25H39N6O6P/c1-15(2)35-23(32)18(6)37-38(19-8-7-9-25(10-19,30-38)24(33)36-16(3)4)14-34-17(5)11-31-13-29-20-21(26)27-12-28-22(20)31/h12-13,15-18,30H,7-11,14H2,1-6H3,(H2,26,27,28)/t17-,18+,25?,38?/m1/s1. The van der Waals surface area contributed by atoms with Crippen LogP contribution in [0.4, 0.5) is 5.82 Å². The number of fused-ring (bicyclic) bond motifs is 3. The van der Waals surface area contributed by atoms with Crippen molar-refractivity contribution in [3.63, 3.8) is 0 Å². The first-order valence-electron chi connectivity index (χ1n) is 13.1. The number of carbonyl (C=O) groups excluding carboxylic acids is 2. The van der Waals surface area contributed by atoms with Crippen molar-refractivity contribution in [3.8, 4) is 0 Å². The lowest BCUT2D eigenvalue weighted by molar-refractivity contribution is -0.155. The van der Waals surface area contributed by atoms with Gasteiger partial charge in [-0.25, -0.2) is 19.7 Å². The van der Waals surface area contributed by atoms with Gasteiger partial charge in [0.05, 0.1) is 38.4 Å². The highest BCUT2D eigenvalue weighted by molar-refractivity contribution is 7.70. The normalized spacial score (nSPS) is 24.7. The number of nitrogens with one attached hydrogen (secondary N) is 1. The fraction of sp³-hybridized carbons (Fsp3) is 0.680. The van der Waals surface area contributed by atoms with Gasteiger partial charge in [-0.05, 0) is 66.1 Å². The van der Waals surface area contributed by atoms with Crippen LogP contribution >= 0.6 is 7.26 Å². The first-order chi connectivity index (χ1) is 17.9. The number of hydrogen-bond acceptors (Lipinski definition) is 11. The average molecular weight is 551 g/mol. The molecular formula is C25H39N6O6P. The molecule has 0 spiro atoms. The number of ether oxygens (including phenoxy) is 3. The van der Waals surface area contributed by atoms with E-state index in [1.807, 2.05) is 25.3 Å². The molecular weight excluding hydrogens is 511 g/mol. The van der Waals surface area contributed by atoms with Crippen LogP contribution in [-0.2, 0) is 34.9 Å². The lowest BCUT2D eigenvalue weighted by Crippen LogP contribution is -2.51. The SMILES string of the molecule is CC(C)OC(=O)[C@H](C)OP1(CO[C@H](C)Cn2cnc3c(N)ncnc32)=C2CCCC(C(=O)OC(C)C)(C2)N1. The number of esters is 2. The molecule has 2 bridgehead atoms. The molecule has 1 fully saturated rings. The molecule has 2 aromatic heterocycles. The number of anilines is 1. The summed E-state index contributed by atoms with van der Waals surface area (Å²) in [5.41, 5.74) is 6.20. The van der Waals surface area contributed by atoms with Crippen molar-refractivity contribution in [3.05, 3.63) is 12.7 Å². The molecule has 3 N–H and O–H groups in total. The molecule has 12 nitrogen and oxygen atoms in total. The number of nitrogens with two attached hydrogens (primary N) is 1. The molecule has 2 aromatic rings. The maximum Gasteiger partial charge on any atom is 0.335 e. The predicted molar refractivity (Wildman–Crippen MR) is 144 cm³/mol. The Bertz CT molecular complexity index is 1250. The monoisotopic (exact) mass is 550 g/mol. The molecule has 0 amide bonds. The zero-order valence-electron chi connectivity index (χ0n) is 23.0. The molecule has 38 heavy (non-hydrogen) atoms. The van der Waals surface area contributed by atoms with Gasteiger partial charge in [-0.1, -0.05) is 0 Å². The average Bonchev–Trinajstić information content (AvgIpc) is 3.34. The van der Waals surface area contributed by atoms with Crippen LogP contribution in [-0.4, -0.2) is 73.1 Å². The maximum absolute atomic E-state index is 13.2. The quantitative estimate of drug-likeness (QED) is 0.314. The molecule has 2 aliphatic rings. The summed E-state index contributed by atoms with van der Waals surface area (Å²) in [4.78, 5) is 38.6. The highest BCUT2D eigenvalue weighted by Gasteiger charge is 2.54. The Labute approximate surface area is 223 Å². The molecule has 0 aromatic carbocycles. The molecule has 4 rings (SSSR count). The fourth-order valence-electron chi connectivity index (χ4n) is 4.98. The summed E-state index contributed by atoms with van der Waals surface area (Å²) in [7, 11) is -2.69. The highest BCUT2D eigenvalue weighted by Crippen LogP contribution is 2.59. The van der Waals surface area contributed by atoms with E-state index in [-0.39, 0.29) is 30.6 Å². The third kappa shape index (κ3) is 5.88. The van der Waals surface area contributed by atoms with Crippen LogP contribution in [0.3, 0.4) is 0 Å². The number of hydrogen-bond donors (Lipinski definition) is 2. The van der Waals surface area contributed by atoms with Crippen molar-refractivity contribution in [2.75, 3.05) is 12.1 Å². The molecule has 13 heteroatoms. The van der Waals surface area contributed by atoms with Gasteiger partial charge in [-0.15, -0.1) is 0 Å². The van der Waals surface area contributed by atoms with E-state index in [1.165, 1.54) is 6.33 Å². The van der Waals surface area contributed by atoms with E-state index < -0.39 is 24.9 Å². The Balaban J connectivity index is 1.57. The van der Waals surface area contributed by atoms with Crippen molar-refractivity contribution in [2.24, 2.45) is 0 Å². The van der Waals surface area contributed by atoms with Gasteiger partial charge in [-0.3, -0.25) is 9.88 Å². The Morgan fingerprint density at radius 3 is 2.58 bits per heavy atom. The lowest BCUT2D eigenvalue weighted by atomic mass is 9.82. The minimum Gasteiger partial charge on any atom is -0.462 e. The Morgan fingerprint density at radius 2 is 1.87 bits per heavy atom. The van der Waals surface area contributed by atoms with Gasteiger partial charge in [0.1, 0.15) is 23.7 Å². The first kappa shape index (κ1) is 28.5. The Hall–Kier alpha value is -2.53. The van der Waals surface area contributed by atoms with E-state index in [2.05, 4.69) is 20.0 Å². The smallest absolute Gasteiger partial charge is 0.335 e. The van der Waals surface area contributed by atoms with Crippen molar-refractivity contribution in [1.82, 2.24) is 24.6 Å². The van der Waals surface area contributed by atoms with E-state index in [0.717, 1.165) is 18.1 Å². The summed E-state index contributed by atoms with van der Waals surface area (Å²) in [6.07, 6.45) is 4.43. The molecule has 210 valence electrons. The Morgan fingerprint density at radius 1 is 1.13 bits per heavy atom. The van der Waals surface area contributed by atoms with Gasteiger partial charge >= 0.3 is 11.9 Å². The summed E-state index contributed by atoms with van der Waals surface area (Å²) >= 11 is 0. The molecule has 1 aliphatic heterocycles.